The largest absolute Gasteiger partial charge is 0.504 e. The highest BCUT2D eigenvalue weighted by molar-refractivity contribution is 5.95. The Morgan fingerprint density at radius 3 is 2.30 bits per heavy atom. The second-order valence-electron chi connectivity index (χ2n) is 9.14. The molecule has 2 aromatic heterocycles. The molecular weight excluding hydrogens is 580 g/mol. The third-order valence-electron chi connectivity index (χ3n) is 6.21. The van der Waals surface area contributed by atoms with Crippen molar-refractivity contribution < 1.29 is 42.7 Å². The molecule has 3 aromatic carbocycles. The van der Waals surface area contributed by atoms with Gasteiger partial charge in [-0.15, -0.1) is 0 Å². The summed E-state index contributed by atoms with van der Waals surface area (Å²) in [7, 11) is 3.01. The Labute approximate surface area is 248 Å². The number of hydrogen-bond donors (Lipinski definition) is 4. The van der Waals surface area contributed by atoms with Crippen molar-refractivity contribution in [1.82, 2.24) is 14.5 Å². The van der Waals surface area contributed by atoms with Crippen LogP contribution in [0.1, 0.15) is 15.9 Å². The van der Waals surface area contributed by atoms with E-state index in [4.69, 9.17) is 30.1 Å². The fraction of sp³-hybridized carbons (Fsp3) is 0.0667. The number of halogens is 2. The Morgan fingerprint density at radius 2 is 1.64 bits per heavy atom. The van der Waals surface area contributed by atoms with Crippen LogP contribution in [0.15, 0.2) is 73.1 Å². The monoisotopic (exact) mass is 603 g/mol. The number of imidazole rings is 1. The average molecular weight is 604 g/mol. The molecule has 5 aromatic rings. The predicted molar refractivity (Wildman–Crippen MR) is 152 cm³/mol. The highest BCUT2D eigenvalue weighted by atomic mass is 19.1. The van der Waals surface area contributed by atoms with Gasteiger partial charge in [-0.05, 0) is 48.5 Å². The molecule has 14 heteroatoms. The first-order valence-corrected chi connectivity index (χ1v) is 12.6. The first kappa shape index (κ1) is 29.3. The average Bonchev–Trinajstić information content (AvgIpc) is 3.44. The second kappa shape index (κ2) is 12.0. The molecule has 0 atom stereocenters. The summed E-state index contributed by atoms with van der Waals surface area (Å²) in [5.41, 5.74) is 6.13. The number of methoxy groups -OCH3 is 1. The fourth-order valence-electron chi connectivity index (χ4n) is 4.02. The molecule has 0 aliphatic carbocycles. The number of phenolic OH excluding ortho intramolecular Hbond substituents is 1. The number of ether oxygens (including phenoxy) is 4. The number of carboxylic acids is 1. The summed E-state index contributed by atoms with van der Waals surface area (Å²) < 4.78 is 55.5. The molecule has 0 aliphatic rings. The van der Waals surface area contributed by atoms with Crippen LogP contribution in [0.2, 0.25) is 0 Å². The van der Waals surface area contributed by atoms with Crippen LogP contribution in [-0.4, -0.2) is 43.7 Å². The maximum Gasteiger partial charge on any atom is 0.335 e. The van der Waals surface area contributed by atoms with Crippen LogP contribution in [-0.2, 0) is 7.05 Å². The lowest BCUT2D eigenvalue weighted by molar-refractivity contribution is 0.0696. The van der Waals surface area contributed by atoms with Gasteiger partial charge in [0.1, 0.15) is 17.4 Å². The number of nitrogens with one attached hydrogen (secondary N) is 1. The van der Waals surface area contributed by atoms with Crippen molar-refractivity contribution in [3.05, 3.63) is 95.8 Å². The van der Waals surface area contributed by atoms with E-state index in [1.54, 1.807) is 42.2 Å². The molecule has 0 bridgehead atoms. The van der Waals surface area contributed by atoms with Gasteiger partial charge in [-0.25, -0.2) is 9.78 Å². The van der Waals surface area contributed by atoms with Crippen LogP contribution in [0.5, 0.6) is 46.3 Å². The topological polar surface area (TPSA) is 175 Å². The molecule has 224 valence electrons. The number of hydrogen-bond acceptors (Lipinski definition) is 9. The number of aromatic hydroxyl groups is 1. The Balaban J connectivity index is 1.61. The van der Waals surface area contributed by atoms with E-state index in [1.807, 2.05) is 0 Å². The van der Waals surface area contributed by atoms with Gasteiger partial charge >= 0.3 is 5.97 Å². The van der Waals surface area contributed by atoms with Gasteiger partial charge in [0.25, 0.3) is 11.8 Å². The summed E-state index contributed by atoms with van der Waals surface area (Å²) in [6, 6.07) is 13.5. The Morgan fingerprint density at radius 1 is 0.932 bits per heavy atom. The van der Waals surface area contributed by atoms with Gasteiger partial charge in [0.2, 0.25) is 17.4 Å². The van der Waals surface area contributed by atoms with Gasteiger partial charge in [-0.3, -0.25) is 5.41 Å². The number of aromatic nitrogens is 3. The van der Waals surface area contributed by atoms with Gasteiger partial charge in [-0.2, -0.15) is 13.8 Å². The van der Waals surface area contributed by atoms with Crippen LogP contribution in [0.3, 0.4) is 0 Å². The minimum Gasteiger partial charge on any atom is -0.504 e. The molecule has 0 amide bonds. The Hall–Kier alpha value is -6.18. The number of nitrogens with two attached hydrogens (primary N) is 1. The minimum absolute atomic E-state index is 0.102. The Kier molecular flexibility index (Phi) is 7.98. The highest BCUT2D eigenvalue weighted by Gasteiger charge is 2.28. The number of benzene rings is 3. The van der Waals surface area contributed by atoms with E-state index in [-0.39, 0.29) is 40.0 Å². The molecule has 0 aliphatic heterocycles. The molecule has 5 rings (SSSR count). The van der Waals surface area contributed by atoms with Crippen LogP contribution < -0.4 is 24.7 Å². The normalized spacial score (nSPS) is 10.7. The molecule has 2 heterocycles. The molecule has 0 radical (unpaired) electrons. The molecular formula is C30H23F2N5O7. The van der Waals surface area contributed by atoms with E-state index in [0.717, 1.165) is 24.3 Å². The van der Waals surface area contributed by atoms with Crippen molar-refractivity contribution in [3.8, 4) is 57.6 Å². The van der Waals surface area contributed by atoms with Crippen LogP contribution in [0.25, 0.3) is 11.4 Å². The summed E-state index contributed by atoms with van der Waals surface area (Å²) >= 11 is 0. The van der Waals surface area contributed by atoms with Crippen molar-refractivity contribution in [1.29, 1.82) is 5.41 Å². The van der Waals surface area contributed by atoms with Gasteiger partial charge in [-0.1, -0.05) is 12.1 Å². The van der Waals surface area contributed by atoms with Gasteiger partial charge in [0.05, 0.1) is 12.7 Å². The molecule has 0 unspecified atom stereocenters. The lowest BCUT2D eigenvalue weighted by Gasteiger charge is -2.16. The number of pyridine rings is 1. The summed E-state index contributed by atoms with van der Waals surface area (Å²) in [5.74, 6) is -7.60. The van der Waals surface area contributed by atoms with Gasteiger partial charge < -0.3 is 39.5 Å². The number of aryl methyl sites for hydroxylation is 1. The summed E-state index contributed by atoms with van der Waals surface area (Å²) in [4.78, 5) is 19.5. The number of phenols is 1. The maximum atomic E-state index is 15.9. The summed E-state index contributed by atoms with van der Waals surface area (Å²) in [5, 5.41) is 27.3. The molecule has 0 spiro atoms. The SMILES string of the molecule is COc1cc(C(=O)O)ccc1Oc1c(F)c(Oc2cccc(-c3nccn3C)c2)nc(Oc2cc(C(=N)N)ccc2O)c1F. The zero-order chi connectivity index (χ0) is 31.5. The second-order valence-corrected chi connectivity index (χ2v) is 9.14. The van der Waals surface area contributed by atoms with Crippen molar-refractivity contribution in [2.45, 2.75) is 0 Å². The third kappa shape index (κ3) is 5.90. The third-order valence-corrected chi connectivity index (χ3v) is 6.21. The molecule has 0 fully saturated rings. The van der Waals surface area contributed by atoms with Crippen molar-refractivity contribution in [3.63, 3.8) is 0 Å². The van der Waals surface area contributed by atoms with Crippen molar-refractivity contribution in [2.24, 2.45) is 12.8 Å². The van der Waals surface area contributed by atoms with Crippen LogP contribution in [0, 0.1) is 17.0 Å². The van der Waals surface area contributed by atoms with Gasteiger partial charge in [0.15, 0.2) is 23.0 Å². The Bertz CT molecular complexity index is 1910. The summed E-state index contributed by atoms with van der Waals surface area (Å²) in [6.07, 6.45) is 3.34. The van der Waals surface area contributed by atoms with E-state index in [1.165, 1.54) is 25.3 Å². The van der Waals surface area contributed by atoms with E-state index < -0.39 is 40.9 Å². The number of rotatable bonds is 10. The van der Waals surface area contributed by atoms with E-state index >= 15 is 8.78 Å². The van der Waals surface area contributed by atoms with Crippen molar-refractivity contribution in [2.75, 3.05) is 7.11 Å². The van der Waals surface area contributed by atoms with E-state index in [2.05, 4.69) is 9.97 Å². The van der Waals surface area contributed by atoms with Gasteiger partial charge in [0, 0.05) is 30.6 Å². The minimum atomic E-state index is -1.44. The number of carboxylic acid groups (broad SMARTS) is 1. The zero-order valence-corrected chi connectivity index (χ0v) is 23.0. The van der Waals surface area contributed by atoms with Crippen LogP contribution in [0.4, 0.5) is 8.78 Å². The van der Waals surface area contributed by atoms with E-state index in [9.17, 15) is 15.0 Å². The smallest absolute Gasteiger partial charge is 0.335 e. The molecule has 44 heavy (non-hydrogen) atoms. The molecule has 0 saturated carbocycles. The maximum absolute atomic E-state index is 15.9. The summed E-state index contributed by atoms with van der Waals surface area (Å²) in [6.45, 7) is 0. The molecule has 12 nitrogen and oxygen atoms in total. The number of carbonyl (C=O) groups is 1. The lowest BCUT2D eigenvalue weighted by Crippen LogP contribution is -2.11. The quantitative estimate of drug-likeness (QED) is 0.112. The molecule has 0 saturated heterocycles. The molecule has 5 N–H and O–H groups in total. The highest BCUT2D eigenvalue weighted by Crippen LogP contribution is 2.43. The first-order valence-electron chi connectivity index (χ1n) is 12.6. The zero-order valence-electron chi connectivity index (χ0n) is 23.0. The number of nitrogen functional groups attached to an aromatic ring is 1. The first-order chi connectivity index (χ1) is 21.0. The lowest BCUT2D eigenvalue weighted by atomic mass is 10.2. The van der Waals surface area contributed by atoms with Crippen LogP contribution >= 0.6 is 0 Å². The number of aromatic carboxylic acids is 1. The fourth-order valence-corrected chi connectivity index (χ4v) is 4.02. The van der Waals surface area contributed by atoms with E-state index in [0.29, 0.717) is 11.4 Å². The number of nitrogens with zero attached hydrogens (tertiary/aromatic N) is 3. The predicted octanol–water partition coefficient (Wildman–Crippen LogP) is 5.83. The van der Waals surface area contributed by atoms with Crippen molar-refractivity contribution >= 4 is 11.8 Å². The standard InChI is InChI=1S/C30H23F2N5O7/c1-37-11-10-35-27(37)16-4-3-5-18(12-16)42-28-23(31)25(43-20-9-7-17(30(39)40)14-22(20)41-2)24(32)29(36-28)44-21-13-15(26(33)34)6-8-19(21)38/h3-14,38H,1-2H3,(H3,33,34)(H,39,40). The number of amidine groups is 1.